The smallest absolute Gasteiger partial charge is 0.270 e. The zero-order valence-corrected chi connectivity index (χ0v) is 19.7. The van der Waals surface area contributed by atoms with Crippen molar-refractivity contribution < 1.29 is 14.0 Å². The predicted molar refractivity (Wildman–Crippen MR) is 131 cm³/mol. The zero-order valence-electron chi connectivity index (χ0n) is 18.2. The van der Waals surface area contributed by atoms with Gasteiger partial charge in [-0.15, -0.1) is 0 Å². The molecule has 0 saturated carbocycles. The molecular weight excluding hydrogens is 459 g/mol. The minimum atomic E-state index is -0.354. The average Bonchev–Trinajstić information content (AvgIpc) is 3.27. The molecule has 1 aliphatic rings. The van der Waals surface area contributed by atoms with Crippen molar-refractivity contribution in [1.29, 1.82) is 0 Å². The summed E-state index contributed by atoms with van der Waals surface area (Å²) in [7, 11) is 0. The Kier molecular flexibility index (Phi) is 7.21. The largest absolute Gasteiger partial charge is 0.457 e. The van der Waals surface area contributed by atoms with Crippen molar-refractivity contribution in [3.8, 4) is 11.3 Å². The first kappa shape index (κ1) is 23.1. The number of benzene rings is 2. The number of amides is 2. The minimum Gasteiger partial charge on any atom is -0.457 e. The Morgan fingerprint density at radius 2 is 1.76 bits per heavy atom. The first-order valence-corrected chi connectivity index (χ1v) is 11.6. The number of halogens is 2. The Morgan fingerprint density at radius 1 is 1.03 bits per heavy atom. The van der Waals surface area contributed by atoms with Gasteiger partial charge in [0.05, 0.1) is 5.02 Å². The maximum atomic E-state index is 13.3. The number of rotatable bonds is 5. The molecule has 4 rings (SSSR count). The van der Waals surface area contributed by atoms with E-state index in [2.05, 4.69) is 12.2 Å². The van der Waals surface area contributed by atoms with Crippen molar-refractivity contribution in [3.05, 3.63) is 87.7 Å². The van der Waals surface area contributed by atoms with Gasteiger partial charge in [0.25, 0.3) is 11.8 Å². The number of hydrogen-bond acceptors (Lipinski definition) is 3. The maximum absolute atomic E-state index is 13.3. The van der Waals surface area contributed by atoms with Gasteiger partial charge in [0.1, 0.15) is 17.2 Å². The van der Waals surface area contributed by atoms with E-state index in [1.165, 1.54) is 0 Å². The van der Waals surface area contributed by atoms with E-state index in [1.54, 1.807) is 65.6 Å². The SMILES string of the molecule is CC1CCN(C(=O)/C(=C\c2ccc(-c3ccc(Cl)cc3Cl)o2)NC(=O)c2ccccc2)CC1. The Morgan fingerprint density at radius 3 is 2.45 bits per heavy atom. The van der Waals surface area contributed by atoms with Crippen LogP contribution in [0, 0.1) is 5.92 Å². The van der Waals surface area contributed by atoms with Gasteiger partial charge >= 0.3 is 0 Å². The van der Waals surface area contributed by atoms with Gasteiger partial charge in [-0.2, -0.15) is 0 Å². The van der Waals surface area contributed by atoms with Crippen molar-refractivity contribution in [3.63, 3.8) is 0 Å². The van der Waals surface area contributed by atoms with Crippen LogP contribution in [0.3, 0.4) is 0 Å². The quantitative estimate of drug-likeness (QED) is 0.435. The maximum Gasteiger partial charge on any atom is 0.270 e. The lowest BCUT2D eigenvalue weighted by Gasteiger charge is -2.31. The molecule has 0 aliphatic carbocycles. The summed E-state index contributed by atoms with van der Waals surface area (Å²) >= 11 is 12.3. The molecule has 0 radical (unpaired) electrons. The normalized spacial score (nSPS) is 14.9. The number of piperidine rings is 1. The van der Waals surface area contributed by atoms with Crippen LogP contribution in [0.1, 0.15) is 35.9 Å². The number of hydrogen-bond donors (Lipinski definition) is 1. The van der Waals surface area contributed by atoms with Crippen LogP contribution in [0.4, 0.5) is 0 Å². The van der Waals surface area contributed by atoms with Gasteiger partial charge < -0.3 is 14.6 Å². The third kappa shape index (κ3) is 5.67. The van der Waals surface area contributed by atoms with E-state index >= 15 is 0 Å². The zero-order chi connectivity index (χ0) is 23.4. The van der Waals surface area contributed by atoms with E-state index < -0.39 is 0 Å². The van der Waals surface area contributed by atoms with Crippen molar-refractivity contribution in [1.82, 2.24) is 10.2 Å². The van der Waals surface area contributed by atoms with Gasteiger partial charge in [0.15, 0.2) is 0 Å². The number of nitrogens with zero attached hydrogens (tertiary/aromatic N) is 1. The van der Waals surface area contributed by atoms with Crippen molar-refractivity contribution >= 4 is 41.1 Å². The van der Waals surface area contributed by atoms with Crippen LogP contribution in [-0.4, -0.2) is 29.8 Å². The molecular formula is C26H24Cl2N2O3. The average molecular weight is 483 g/mol. The Balaban J connectivity index is 1.63. The van der Waals surface area contributed by atoms with Crippen LogP contribution in [0.25, 0.3) is 17.4 Å². The molecule has 1 saturated heterocycles. The molecule has 1 aromatic heterocycles. The van der Waals surface area contributed by atoms with Crippen LogP contribution in [0.5, 0.6) is 0 Å². The van der Waals surface area contributed by atoms with Crippen LogP contribution in [-0.2, 0) is 4.79 Å². The second-order valence-electron chi connectivity index (χ2n) is 8.18. The summed E-state index contributed by atoms with van der Waals surface area (Å²) in [6, 6.07) is 17.4. The summed E-state index contributed by atoms with van der Waals surface area (Å²) in [6.45, 7) is 3.49. The van der Waals surface area contributed by atoms with E-state index in [1.807, 2.05) is 6.07 Å². The number of furan rings is 1. The highest BCUT2D eigenvalue weighted by molar-refractivity contribution is 6.36. The molecule has 170 valence electrons. The Bertz CT molecular complexity index is 1180. The molecule has 33 heavy (non-hydrogen) atoms. The van der Waals surface area contributed by atoms with E-state index in [4.69, 9.17) is 27.6 Å². The fraction of sp³-hybridized carbons (Fsp3) is 0.231. The van der Waals surface area contributed by atoms with Crippen molar-refractivity contribution in [2.24, 2.45) is 5.92 Å². The van der Waals surface area contributed by atoms with Gasteiger partial charge in [-0.25, -0.2) is 0 Å². The third-order valence-corrected chi connectivity index (χ3v) is 6.24. The second kappa shape index (κ2) is 10.3. The summed E-state index contributed by atoms with van der Waals surface area (Å²) < 4.78 is 5.94. The predicted octanol–water partition coefficient (Wildman–Crippen LogP) is 6.28. The molecule has 0 atom stereocenters. The Hall–Kier alpha value is -3.02. The summed E-state index contributed by atoms with van der Waals surface area (Å²) in [5.41, 5.74) is 1.32. The van der Waals surface area contributed by atoms with E-state index in [0.717, 1.165) is 12.8 Å². The lowest BCUT2D eigenvalue weighted by Crippen LogP contribution is -2.42. The highest BCUT2D eigenvalue weighted by Gasteiger charge is 2.25. The number of carbonyl (C=O) groups excluding carboxylic acids is 2. The molecule has 3 aromatic rings. The minimum absolute atomic E-state index is 0.168. The number of nitrogens with one attached hydrogen (secondary N) is 1. The number of likely N-dealkylation sites (tertiary alicyclic amines) is 1. The fourth-order valence-corrected chi connectivity index (χ4v) is 4.23. The molecule has 1 N–H and O–H groups in total. The topological polar surface area (TPSA) is 62.6 Å². The fourth-order valence-electron chi connectivity index (χ4n) is 3.72. The first-order chi connectivity index (χ1) is 15.9. The van der Waals surface area contributed by atoms with Crippen molar-refractivity contribution in [2.45, 2.75) is 19.8 Å². The Labute approximate surface area is 203 Å². The molecule has 0 spiro atoms. The van der Waals surface area contributed by atoms with Crippen LogP contribution < -0.4 is 5.32 Å². The monoisotopic (exact) mass is 482 g/mol. The van der Waals surface area contributed by atoms with Crippen LogP contribution in [0.15, 0.2) is 70.8 Å². The van der Waals surface area contributed by atoms with Crippen LogP contribution in [0.2, 0.25) is 10.0 Å². The molecule has 2 amide bonds. The molecule has 0 bridgehead atoms. The molecule has 2 heterocycles. The summed E-state index contributed by atoms with van der Waals surface area (Å²) in [4.78, 5) is 27.9. The first-order valence-electron chi connectivity index (χ1n) is 10.8. The van der Waals surface area contributed by atoms with E-state index in [9.17, 15) is 9.59 Å². The molecule has 1 fully saturated rings. The molecule has 1 aliphatic heterocycles. The summed E-state index contributed by atoms with van der Waals surface area (Å²) in [6.07, 6.45) is 3.44. The highest BCUT2D eigenvalue weighted by Crippen LogP contribution is 2.32. The van der Waals surface area contributed by atoms with Gasteiger partial charge in [-0.05, 0) is 61.2 Å². The molecule has 5 nitrogen and oxygen atoms in total. The van der Waals surface area contributed by atoms with Gasteiger partial charge in [-0.1, -0.05) is 48.3 Å². The van der Waals surface area contributed by atoms with Gasteiger partial charge in [-0.3, -0.25) is 9.59 Å². The van der Waals surface area contributed by atoms with E-state index in [-0.39, 0.29) is 17.5 Å². The molecule has 0 unspecified atom stereocenters. The summed E-state index contributed by atoms with van der Waals surface area (Å²) in [5, 5.41) is 3.78. The van der Waals surface area contributed by atoms with Crippen LogP contribution >= 0.6 is 23.2 Å². The second-order valence-corrected chi connectivity index (χ2v) is 9.02. The van der Waals surface area contributed by atoms with Gasteiger partial charge in [0, 0.05) is 35.3 Å². The van der Waals surface area contributed by atoms with Crippen molar-refractivity contribution in [2.75, 3.05) is 13.1 Å². The molecule has 2 aromatic carbocycles. The molecule has 7 heteroatoms. The standard InChI is InChI=1S/C26H24Cl2N2O3/c1-17-11-13-30(14-12-17)26(32)23(29-25(31)18-5-3-2-4-6-18)16-20-8-10-24(33-20)21-9-7-19(27)15-22(21)28/h2-10,15-17H,11-14H2,1H3,(H,29,31)/b23-16+. The lowest BCUT2D eigenvalue weighted by atomic mass is 9.99. The highest BCUT2D eigenvalue weighted by atomic mass is 35.5. The number of carbonyl (C=O) groups is 2. The summed E-state index contributed by atoms with van der Waals surface area (Å²) in [5.74, 6) is 0.966. The van der Waals surface area contributed by atoms with Gasteiger partial charge in [0.2, 0.25) is 0 Å². The van der Waals surface area contributed by atoms with E-state index in [0.29, 0.717) is 51.7 Å². The third-order valence-electron chi connectivity index (χ3n) is 5.70. The lowest BCUT2D eigenvalue weighted by molar-refractivity contribution is -0.128.